The van der Waals surface area contributed by atoms with Gasteiger partial charge in [-0.15, -0.1) is 0 Å². The minimum atomic E-state index is -3.86. The quantitative estimate of drug-likeness (QED) is 0.213. The molecule has 0 saturated carbocycles. The van der Waals surface area contributed by atoms with Crippen LogP contribution in [0.5, 0.6) is 5.75 Å². The third-order valence-electron chi connectivity index (χ3n) is 5.17. The molecule has 0 aliphatic rings. The largest absolute Gasteiger partial charge is 0.482 e. The Morgan fingerprint density at radius 2 is 1.65 bits per heavy atom. The van der Waals surface area contributed by atoms with E-state index in [-0.39, 0.29) is 24.5 Å². The van der Waals surface area contributed by atoms with E-state index < -0.39 is 27.9 Å². The Morgan fingerprint density at radius 1 is 0.973 bits per heavy atom. The van der Waals surface area contributed by atoms with Crippen LogP contribution in [0.15, 0.2) is 88.9 Å². The smallest absolute Gasteiger partial charge is 0.344 e. The summed E-state index contributed by atoms with van der Waals surface area (Å²) in [6.07, 6.45) is 1.29. The number of benzene rings is 3. The average Bonchev–Trinajstić information content (AvgIpc) is 2.89. The molecule has 0 heterocycles. The fourth-order valence-corrected chi connectivity index (χ4v) is 4.51. The first-order valence-corrected chi connectivity index (χ1v) is 13.1. The van der Waals surface area contributed by atoms with Gasteiger partial charge in [0.2, 0.25) is 15.9 Å². The summed E-state index contributed by atoms with van der Waals surface area (Å²) in [6.45, 7) is 3.69. The lowest BCUT2D eigenvalue weighted by molar-refractivity contribution is -0.145. The zero-order valence-corrected chi connectivity index (χ0v) is 21.4. The van der Waals surface area contributed by atoms with Gasteiger partial charge >= 0.3 is 5.97 Å². The first-order chi connectivity index (χ1) is 17.8. The Balaban J connectivity index is 1.61. The van der Waals surface area contributed by atoms with E-state index in [9.17, 15) is 18.0 Å². The van der Waals surface area contributed by atoms with Gasteiger partial charge in [-0.3, -0.25) is 4.79 Å². The van der Waals surface area contributed by atoms with Crippen LogP contribution in [0, 0.1) is 6.92 Å². The van der Waals surface area contributed by atoms with E-state index >= 15 is 0 Å². The standard InChI is InChI=1S/C27H29N3O6S/c1-3-35-27(32)19-36-23-13-11-21(12-14-23)18-28-29-26(31)17-25(22-7-5-4-6-8-22)30-37(33,34)24-15-9-20(2)10-16-24/h4-16,18,25,30H,3,17,19H2,1-2H3,(H,29,31)/b28-18-/t25-/m1/s1. The number of amides is 1. The summed E-state index contributed by atoms with van der Waals surface area (Å²) < 4.78 is 38.7. The van der Waals surface area contributed by atoms with E-state index in [1.165, 1.54) is 18.3 Å². The summed E-state index contributed by atoms with van der Waals surface area (Å²) in [6, 6.07) is 21.3. The molecule has 0 unspecified atom stereocenters. The molecule has 1 amide bonds. The highest BCUT2D eigenvalue weighted by Gasteiger charge is 2.23. The van der Waals surface area contributed by atoms with Crippen molar-refractivity contribution < 1.29 is 27.5 Å². The molecule has 0 spiro atoms. The number of hydrazone groups is 1. The molecule has 0 aliphatic carbocycles. The molecule has 194 valence electrons. The monoisotopic (exact) mass is 523 g/mol. The lowest BCUT2D eigenvalue weighted by Gasteiger charge is -2.18. The molecule has 10 heteroatoms. The third-order valence-corrected chi connectivity index (χ3v) is 6.65. The van der Waals surface area contributed by atoms with Crippen LogP contribution in [0.1, 0.15) is 36.1 Å². The second-order valence-corrected chi connectivity index (χ2v) is 9.77. The number of carbonyl (C=O) groups excluding carboxylic acids is 2. The number of nitrogens with zero attached hydrogens (tertiary/aromatic N) is 1. The summed E-state index contributed by atoms with van der Waals surface area (Å²) in [5.74, 6) is -0.433. The topological polar surface area (TPSA) is 123 Å². The van der Waals surface area contributed by atoms with Gasteiger partial charge in [0.25, 0.3) is 0 Å². The molecule has 9 nitrogen and oxygen atoms in total. The lowest BCUT2D eigenvalue weighted by Crippen LogP contribution is -2.32. The molecule has 3 aromatic rings. The van der Waals surface area contributed by atoms with Crippen LogP contribution < -0.4 is 14.9 Å². The van der Waals surface area contributed by atoms with Gasteiger partial charge in [-0.1, -0.05) is 48.0 Å². The molecular weight excluding hydrogens is 494 g/mol. The van der Waals surface area contributed by atoms with E-state index in [1.807, 2.05) is 13.0 Å². The number of nitrogens with one attached hydrogen (secondary N) is 2. The number of rotatable bonds is 12. The second-order valence-electron chi connectivity index (χ2n) is 8.06. The Labute approximate surface area is 216 Å². The maximum atomic E-state index is 12.9. The minimum absolute atomic E-state index is 0.118. The van der Waals surface area contributed by atoms with Crippen LogP contribution in [0.3, 0.4) is 0 Å². The highest BCUT2D eigenvalue weighted by Crippen LogP contribution is 2.21. The molecule has 0 aromatic heterocycles. The van der Waals surface area contributed by atoms with Crippen molar-refractivity contribution in [2.75, 3.05) is 13.2 Å². The molecule has 0 saturated heterocycles. The van der Waals surface area contributed by atoms with Crippen molar-refractivity contribution in [3.63, 3.8) is 0 Å². The van der Waals surface area contributed by atoms with Crippen molar-refractivity contribution in [2.45, 2.75) is 31.2 Å². The minimum Gasteiger partial charge on any atom is -0.482 e. The predicted octanol–water partition coefficient (Wildman–Crippen LogP) is 3.50. The Hall–Kier alpha value is -4.02. The summed E-state index contributed by atoms with van der Waals surface area (Å²) in [7, 11) is -3.86. The van der Waals surface area contributed by atoms with Crippen molar-refractivity contribution in [2.24, 2.45) is 5.10 Å². The molecule has 0 radical (unpaired) electrons. The van der Waals surface area contributed by atoms with Crippen molar-refractivity contribution >= 4 is 28.1 Å². The van der Waals surface area contributed by atoms with Gasteiger partial charge in [0, 0.05) is 6.42 Å². The number of esters is 1. The van der Waals surface area contributed by atoms with Gasteiger partial charge in [-0.05, 0) is 61.4 Å². The Morgan fingerprint density at radius 3 is 2.30 bits per heavy atom. The van der Waals surface area contributed by atoms with Crippen LogP contribution in [0.4, 0.5) is 0 Å². The number of sulfonamides is 1. The normalized spacial score (nSPS) is 12.2. The summed E-state index contributed by atoms with van der Waals surface area (Å²) in [5.41, 5.74) is 4.71. The van der Waals surface area contributed by atoms with Crippen LogP contribution in [0.2, 0.25) is 0 Å². The maximum Gasteiger partial charge on any atom is 0.344 e. The molecule has 0 aliphatic heterocycles. The number of carbonyl (C=O) groups is 2. The first-order valence-electron chi connectivity index (χ1n) is 11.6. The summed E-state index contributed by atoms with van der Waals surface area (Å²) >= 11 is 0. The van der Waals surface area contributed by atoms with Gasteiger partial charge in [0.1, 0.15) is 5.75 Å². The van der Waals surface area contributed by atoms with E-state index in [0.717, 1.165) is 5.56 Å². The lowest BCUT2D eigenvalue weighted by atomic mass is 10.0. The summed E-state index contributed by atoms with van der Waals surface area (Å²) in [5, 5.41) is 3.96. The fourth-order valence-electron chi connectivity index (χ4n) is 3.29. The van der Waals surface area contributed by atoms with Crippen molar-refractivity contribution in [1.82, 2.24) is 10.1 Å². The van der Waals surface area contributed by atoms with Gasteiger partial charge < -0.3 is 9.47 Å². The second kappa shape index (κ2) is 13.3. The van der Waals surface area contributed by atoms with Crippen molar-refractivity contribution in [3.8, 4) is 5.75 Å². The summed E-state index contributed by atoms with van der Waals surface area (Å²) in [4.78, 5) is 24.1. The zero-order chi connectivity index (χ0) is 26.7. The van der Waals surface area contributed by atoms with Crippen molar-refractivity contribution in [1.29, 1.82) is 0 Å². The third kappa shape index (κ3) is 8.85. The number of hydrogen-bond acceptors (Lipinski definition) is 7. The molecule has 2 N–H and O–H groups in total. The molecule has 0 bridgehead atoms. The molecule has 1 atom stereocenters. The maximum absolute atomic E-state index is 12.9. The van der Waals surface area contributed by atoms with E-state index in [0.29, 0.717) is 16.9 Å². The van der Waals surface area contributed by atoms with Gasteiger partial charge in [-0.25, -0.2) is 23.4 Å². The average molecular weight is 524 g/mol. The predicted molar refractivity (Wildman–Crippen MR) is 140 cm³/mol. The van der Waals surface area contributed by atoms with Crippen molar-refractivity contribution in [3.05, 3.63) is 95.6 Å². The van der Waals surface area contributed by atoms with E-state index in [4.69, 9.17) is 9.47 Å². The van der Waals surface area contributed by atoms with E-state index in [2.05, 4.69) is 15.2 Å². The number of aryl methyl sites for hydroxylation is 1. The van der Waals surface area contributed by atoms with Crippen LogP contribution in [-0.2, 0) is 24.3 Å². The SMILES string of the molecule is CCOC(=O)COc1ccc(/C=N\NC(=O)C[C@@H](NS(=O)(=O)c2ccc(C)cc2)c2ccccc2)cc1. The van der Waals surface area contributed by atoms with Crippen LogP contribution in [-0.4, -0.2) is 39.7 Å². The highest BCUT2D eigenvalue weighted by molar-refractivity contribution is 7.89. The molecule has 0 fully saturated rings. The van der Waals surface area contributed by atoms with E-state index in [1.54, 1.807) is 67.6 Å². The van der Waals surface area contributed by atoms with Gasteiger partial charge in [-0.2, -0.15) is 5.10 Å². The zero-order valence-electron chi connectivity index (χ0n) is 20.6. The Bertz CT molecular complexity index is 1310. The molecule has 3 rings (SSSR count). The van der Waals surface area contributed by atoms with Gasteiger partial charge in [0.05, 0.1) is 23.8 Å². The number of hydrogen-bond donors (Lipinski definition) is 2. The van der Waals surface area contributed by atoms with Gasteiger partial charge in [0.15, 0.2) is 6.61 Å². The Kier molecular flexibility index (Phi) is 9.93. The van der Waals surface area contributed by atoms with Crippen LogP contribution >= 0.6 is 0 Å². The highest BCUT2D eigenvalue weighted by atomic mass is 32.2. The molecule has 3 aromatic carbocycles. The molecule has 37 heavy (non-hydrogen) atoms. The first kappa shape index (κ1) is 27.6. The van der Waals surface area contributed by atoms with Crippen LogP contribution in [0.25, 0.3) is 0 Å². The molecular formula is C27H29N3O6S. The number of ether oxygens (including phenoxy) is 2. The fraction of sp³-hybridized carbons (Fsp3) is 0.222.